The van der Waals surface area contributed by atoms with Gasteiger partial charge in [0, 0.05) is 6.42 Å². The molecule has 2 atom stereocenters. The summed E-state index contributed by atoms with van der Waals surface area (Å²) in [5, 5.41) is 12.3. The molecule has 2 unspecified atom stereocenters. The summed E-state index contributed by atoms with van der Waals surface area (Å²) in [7, 11) is 0. The van der Waals surface area contributed by atoms with Crippen LogP contribution < -0.4 is 5.32 Å². The van der Waals surface area contributed by atoms with Gasteiger partial charge in [0.2, 0.25) is 0 Å². The van der Waals surface area contributed by atoms with Gasteiger partial charge in [0.15, 0.2) is 0 Å². The van der Waals surface area contributed by atoms with Crippen LogP contribution in [0.3, 0.4) is 0 Å². The molecule has 2 N–H and O–H groups in total. The van der Waals surface area contributed by atoms with Crippen LogP contribution in [-0.4, -0.2) is 43.2 Å². The molecule has 1 fully saturated rings. The number of hydrogen-bond acceptors (Lipinski definition) is 3. The number of nitrogens with one attached hydrogen (secondary N) is 1. The van der Waals surface area contributed by atoms with Gasteiger partial charge in [-0.1, -0.05) is 0 Å². The highest BCUT2D eigenvalue weighted by Crippen LogP contribution is 2.21. The molecule has 0 saturated carbocycles. The maximum Gasteiger partial charge on any atom is 0.389 e. The van der Waals surface area contributed by atoms with Crippen molar-refractivity contribution in [3.63, 3.8) is 0 Å². The van der Waals surface area contributed by atoms with E-state index in [0.717, 1.165) is 0 Å². The fourth-order valence-corrected chi connectivity index (χ4v) is 1.48. The van der Waals surface area contributed by atoms with Gasteiger partial charge in [0.25, 0.3) is 0 Å². The zero-order chi connectivity index (χ0) is 11.3. The summed E-state index contributed by atoms with van der Waals surface area (Å²) in [5.74, 6) is 0. The molecule has 1 aliphatic rings. The zero-order valence-corrected chi connectivity index (χ0v) is 8.39. The summed E-state index contributed by atoms with van der Waals surface area (Å²) < 4.78 is 40.3. The average molecular weight is 227 g/mol. The Balaban J connectivity index is 1.97. The van der Waals surface area contributed by atoms with Crippen molar-refractivity contribution in [2.75, 3.05) is 19.8 Å². The van der Waals surface area contributed by atoms with E-state index in [1.54, 1.807) is 0 Å². The summed E-state index contributed by atoms with van der Waals surface area (Å²) >= 11 is 0. The minimum Gasteiger partial charge on any atom is -0.389 e. The molecule has 1 rings (SSSR count). The second kappa shape index (κ2) is 5.67. The Morgan fingerprint density at radius 2 is 2.00 bits per heavy atom. The van der Waals surface area contributed by atoms with Crippen LogP contribution in [0.5, 0.6) is 0 Å². The maximum absolute atomic E-state index is 11.8. The lowest BCUT2D eigenvalue weighted by Crippen LogP contribution is -2.39. The third-order valence-corrected chi connectivity index (χ3v) is 2.34. The summed E-state index contributed by atoms with van der Waals surface area (Å²) in [6, 6.07) is -0.129. The predicted molar refractivity (Wildman–Crippen MR) is 48.5 cm³/mol. The lowest BCUT2D eigenvalue weighted by atomic mass is 10.2. The monoisotopic (exact) mass is 227 g/mol. The molecule has 1 saturated heterocycles. The van der Waals surface area contributed by atoms with E-state index in [2.05, 4.69) is 5.32 Å². The van der Waals surface area contributed by atoms with E-state index in [1.807, 2.05) is 0 Å². The van der Waals surface area contributed by atoms with E-state index in [1.165, 1.54) is 0 Å². The van der Waals surface area contributed by atoms with E-state index < -0.39 is 18.7 Å². The maximum atomic E-state index is 11.8. The molecule has 1 heterocycles. The van der Waals surface area contributed by atoms with Crippen LogP contribution in [-0.2, 0) is 4.74 Å². The number of aliphatic hydroxyl groups excluding tert-OH is 1. The third kappa shape index (κ3) is 5.34. The molecular weight excluding hydrogens is 211 g/mol. The van der Waals surface area contributed by atoms with Gasteiger partial charge in [-0.2, -0.15) is 13.2 Å². The van der Waals surface area contributed by atoms with Crippen molar-refractivity contribution >= 4 is 0 Å². The predicted octanol–water partition coefficient (Wildman–Crippen LogP) is 1.07. The molecule has 0 amide bonds. The molecule has 15 heavy (non-hydrogen) atoms. The van der Waals surface area contributed by atoms with Crippen LogP contribution in [0.15, 0.2) is 0 Å². The van der Waals surface area contributed by atoms with Gasteiger partial charge in [-0.05, 0) is 19.4 Å². The Bertz CT molecular complexity index is 187. The van der Waals surface area contributed by atoms with Crippen molar-refractivity contribution < 1.29 is 23.0 Å². The van der Waals surface area contributed by atoms with E-state index in [9.17, 15) is 18.3 Å². The Morgan fingerprint density at radius 1 is 1.27 bits per heavy atom. The number of halogens is 3. The van der Waals surface area contributed by atoms with Gasteiger partial charge in [0.05, 0.1) is 25.4 Å². The fourth-order valence-electron chi connectivity index (χ4n) is 1.48. The fraction of sp³-hybridized carbons (Fsp3) is 1.00. The number of hydrogen-bond donors (Lipinski definition) is 2. The van der Waals surface area contributed by atoms with E-state index in [0.29, 0.717) is 26.2 Å². The second-order valence-electron chi connectivity index (χ2n) is 3.74. The molecule has 0 spiro atoms. The van der Waals surface area contributed by atoms with E-state index in [4.69, 9.17) is 4.74 Å². The molecule has 0 aromatic rings. The van der Waals surface area contributed by atoms with Crippen molar-refractivity contribution in [1.29, 1.82) is 0 Å². The molecule has 90 valence electrons. The number of aliphatic hydroxyl groups is 1. The molecular formula is C9H16F3NO2. The number of unbranched alkanes of at least 4 members (excludes halogenated alkanes) is 1. The summed E-state index contributed by atoms with van der Waals surface area (Å²) in [6.07, 6.45) is -4.75. The van der Waals surface area contributed by atoms with E-state index >= 15 is 0 Å². The highest BCUT2D eigenvalue weighted by molar-refractivity contribution is 4.80. The van der Waals surface area contributed by atoms with Crippen LogP contribution in [0.1, 0.15) is 19.3 Å². The minimum atomic E-state index is -4.06. The van der Waals surface area contributed by atoms with Crippen LogP contribution in [0, 0.1) is 0 Å². The lowest BCUT2D eigenvalue weighted by molar-refractivity contribution is -0.135. The first-order valence-corrected chi connectivity index (χ1v) is 5.05. The Labute approximate surface area is 86.6 Å². The largest absolute Gasteiger partial charge is 0.389 e. The van der Waals surface area contributed by atoms with Crippen molar-refractivity contribution in [2.24, 2.45) is 0 Å². The number of rotatable bonds is 5. The highest BCUT2D eigenvalue weighted by Gasteiger charge is 2.27. The summed E-state index contributed by atoms with van der Waals surface area (Å²) in [6.45, 7) is 1.22. The van der Waals surface area contributed by atoms with Crippen molar-refractivity contribution in [2.45, 2.75) is 37.6 Å². The van der Waals surface area contributed by atoms with Crippen LogP contribution in [0.4, 0.5) is 13.2 Å². The van der Waals surface area contributed by atoms with Gasteiger partial charge in [-0.25, -0.2) is 0 Å². The van der Waals surface area contributed by atoms with Gasteiger partial charge in [0.1, 0.15) is 0 Å². The molecule has 3 nitrogen and oxygen atoms in total. The lowest BCUT2D eigenvalue weighted by Gasteiger charge is -2.14. The molecule has 0 aromatic carbocycles. The van der Waals surface area contributed by atoms with Crippen molar-refractivity contribution in [1.82, 2.24) is 5.32 Å². The van der Waals surface area contributed by atoms with Gasteiger partial charge < -0.3 is 15.2 Å². The third-order valence-electron chi connectivity index (χ3n) is 2.34. The molecule has 6 heteroatoms. The summed E-state index contributed by atoms with van der Waals surface area (Å²) in [4.78, 5) is 0. The molecule has 0 aromatic heterocycles. The smallest absolute Gasteiger partial charge is 0.389 e. The van der Waals surface area contributed by atoms with Crippen LogP contribution in [0.2, 0.25) is 0 Å². The van der Waals surface area contributed by atoms with Crippen LogP contribution in [0.25, 0.3) is 0 Å². The van der Waals surface area contributed by atoms with E-state index in [-0.39, 0.29) is 12.5 Å². The minimum absolute atomic E-state index is 0.125. The van der Waals surface area contributed by atoms with Crippen LogP contribution >= 0.6 is 0 Å². The van der Waals surface area contributed by atoms with Crippen molar-refractivity contribution in [3.05, 3.63) is 0 Å². The standard InChI is InChI=1S/C9H16F3NO2/c10-9(11,12)3-1-2-4-13-7-5-15-6-8(7)14/h7-8,13-14H,1-6H2. The average Bonchev–Trinajstić information content (AvgIpc) is 2.49. The number of alkyl halides is 3. The Hall–Kier alpha value is -0.330. The Kier molecular flexibility index (Phi) is 4.82. The van der Waals surface area contributed by atoms with Crippen molar-refractivity contribution in [3.8, 4) is 0 Å². The number of ether oxygens (including phenoxy) is 1. The zero-order valence-electron chi connectivity index (χ0n) is 8.39. The molecule has 1 aliphatic heterocycles. The van der Waals surface area contributed by atoms with Gasteiger partial charge >= 0.3 is 6.18 Å². The molecule has 0 bridgehead atoms. The summed E-state index contributed by atoms with van der Waals surface area (Å²) in [5.41, 5.74) is 0. The van der Waals surface area contributed by atoms with Gasteiger partial charge in [-0.3, -0.25) is 0 Å². The SMILES string of the molecule is OC1COCC1NCCCCC(F)(F)F. The quantitative estimate of drug-likeness (QED) is 0.690. The second-order valence-corrected chi connectivity index (χ2v) is 3.74. The molecule has 0 radical (unpaired) electrons. The normalized spacial score (nSPS) is 27.2. The Morgan fingerprint density at radius 3 is 2.53 bits per heavy atom. The first-order chi connectivity index (χ1) is 6.99. The molecule has 0 aliphatic carbocycles. The first-order valence-electron chi connectivity index (χ1n) is 5.05. The topological polar surface area (TPSA) is 41.5 Å². The highest BCUT2D eigenvalue weighted by atomic mass is 19.4. The first kappa shape index (κ1) is 12.7. The van der Waals surface area contributed by atoms with Gasteiger partial charge in [-0.15, -0.1) is 0 Å².